The third-order valence-corrected chi connectivity index (χ3v) is 10.1. The van der Waals surface area contributed by atoms with E-state index in [1.165, 1.54) is 0 Å². The van der Waals surface area contributed by atoms with Crippen molar-refractivity contribution in [2.75, 3.05) is 37.6 Å². The average molecular weight is 636 g/mol. The van der Waals surface area contributed by atoms with Crippen LogP contribution in [0.5, 0.6) is 0 Å². The number of nitrogens with two attached hydrogens (primary N) is 2. The number of hydrogen-bond acceptors (Lipinski definition) is 8. The van der Waals surface area contributed by atoms with Crippen molar-refractivity contribution in [2.24, 2.45) is 17.4 Å². The molecule has 1 aliphatic carbocycles. The standard InChI is InChI=1S/C33H48N6O3.C3H9N/c1-20-17-27(35-21(2)28(20)22(3)40)37-15-16-39(33(6,7)19-37)31(42)25-13-14-26-29(36-25)32(4,5)18-38(26)24-10-8-9-23(11-12-24)30(34)41;1-2-3-4/h13-14,17,23-24,27,35H,8-12,15-16,18-19H2,1-7H3,(H2,34,41);2-4H2,1H3. The van der Waals surface area contributed by atoms with Gasteiger partial charge >= 0.3 is 0 Å². The Hall–Kier alpha value is -3.24. The van der Waals surface area contributed by atoms with E-state index < -0.39 is 5.54 Å². The maximum atomic E-state index is 14.0. The number of dihydropyridines is 1. The number of nitrogens with one attached hydrogen (secondary N) is 1. The van der Waals surface area contributed by atoms with Crippen LogP contribution >= 0.6 is 0 Å². The zero-order chi connectivity index (χ0) is 34.0. The van der Waals surface area contributed by atoms with Gasteiger partial charge in [0, 0.05) is 54.8 Å². The molecule has 1 saturated heterocycles. The van der Waals surface area contributed by atoms with E-state index in [0.29, 0.717) is 24.8 Å². The molecule has 0 bridgehead atoms. The summed E-state index contributed by atoms with van der Waals surface area (Å²) in [6, 6.07) is 4.33. The summed E-state index contributed by atoms with van der Waals surface area (Å²) >= 11 is 0. The molecule has 0 spiro atoms. The molecule has 10 heteroatoms. The van der Waals surface area contributed by atoms with E-state index >= 15 is 0 Å². The lowest BCUT2D eigenvalue weighted by molar-refractivity contribution is -0.122. The number of nitrogens with zero attached hydrogens (tertiary/aromatic N) is 4. The fraction of sp³-hybridized carbons (Fsp3) is 0.667. The van der Waals surface area contributed by atoms with Gasteiger partial charge in [0.1, 0.15) is 5.69 Å². The van der Waals surface area contributed by atoms with E-state index in [1.54, 1.807) is 6.92 Å². The third-order valence-electron chi connectivity index (χ3n) is 10.1. The molecule has 0 radical (unpaired) electrons. The summed E-state index contributed by atoms with van der Waals surface area (Å²) in [6.45, 7) is 19.9. The first-order chi connectivity index (χ1) is 21.6. The average Bonchev–Trinajstić information content (AvgIpc) is 3.12. The minimum Gasteiger partial charge on any atom is -0.369 e. The number of hydrogen-bond donors (Lipinski definition) is 3. The van der Waals surface area contributed by atoms with E-state index in [-0.39, 0.29) is 35.1 Å². The summed E-state index contributed by atoms with van der Waals surface area (Å²) in [5, 5.41) is 3.51. The summed E-state index contributed by atoms with van der Waals surface area (Å²) in [6.07, 6.45) is 7.87. The summed E-state index contributed by atoms with van der Waals surface area (Å²) in [7, 11) is 0. The van der Waals surface area contributed by atoms with Crippen molar-refractivity contribution in [1.29, 1.82) is 0 Å². The zero-order valence-corrected chi connectivity index (χ0v) is 29.4. The van der Waals surface area contributed by atoms with E-state index in [2.05, 4.69) is 61.9 Å². The molecule has 254 valence electrons. The van der Waals surface area contributed by atoms with E-state index in [0.717, 1.165) is 86.4 Å². The lowest BCUT2D eigenvalue weighted by atomic mass is 9.91. The van der Waals surface area contributed by atoms with Crippen LogP contribution in [-0.2, 0) is 15.0 Å². The number of primary amides is 1. The van der Waals surface area contributed by atoms with E-state index in [1.807, 2.05) is 24.8 Å². The largest absolute Gasteiger partial charge is 0.369 e. The molecule has 5 rings (SSSR count). The molecule has 2 amide bonds. The molecular weight excluding hydrogens is 578 g/mol. The minimum absolute atomic E-state index is 0.0169. The Kier molecular flexibility index (Phi) is 11.0. The number of amides is 2. The van der Waals surface area contributed by atoms with Gasteiger partial charge in [-0.15, -0.1) is 0 Å². The van der Waals surface area contributed by atoms with Gasteiger partial charge in [-0.3, -0.25) is 19.3 Å². The van der Waals surface area contributed by atoms with Gasteiger partial charge in [0.2, 0.25) is 5.91 Å². The van der Waals surface area contributed by atoms with Crippen LogP contribution in [0, 0.1) is 5.92 Å². The first-order valence-corrected chi connectivity index (χ1v) is 17.1. The van der Waals surface area contributed by atoms with Crippen molar-refractivity contribution in [2.45, 2.75) is 117 Å². The molecule has 1 aromatic heterocycles. The highest BCUT2D eigenvalue weighted by molar-refractivity contribution is 5.98. The van der Waals surface area contributed by atoms with Crippen LogP contribution in [0.1, 0.15) is 110 Å². The second-order valence-corrected chi connectivity index (χ2v) is 14.9. The van der Waals surface area contributed by atoms with Gasteiger partial charge < -0.3 is 26.6 Å². The molecule has 1 aromatic rings. The molecule has 3 unspecified atom stereocenters. The van der Waals surface area contributed by atoms with Crippen molar-refractivity contribution >= 4 is 23.3 Å². The Balaban J connectivity index is 0.00000113. The van der Waals surface area contributed by atoms with Crippen LogP contribution in [0.3, 0.4) is 0 Å². The van der Waals surface area contributed by atoms with E-state index in [4.69, 9.17) is 16.5 Å². The highest BCUT2D eigenvalue weighted by atomic mass is 16.2. The number of ketones is 1. The quantitative estimate of drug-likeness (QED) is 0.395. The normalized spacial score (nSPS) is 25.8. The van der Waals surface area contributed by atoms with Crippen molar-refractivity contribution in [3.05, 3.63) is 46.4 Å². The Labute approximate surface area is 276 Å². The van der Waals surface area contributed by atoms with Gasteiger partial charge in [0.25, 0.3) is 5.91 Å². The maximum Gasteiger partial charge on any atom is 0.272 e. The summed E-state index contributed by atoms with van der Waals surface area (Å²) in [5.74, 6) is -0.169. The van der Waals surface area contributed by atoms with Crippen LogP contribution < -0.4 is 21.7 Å². The smallest absolute Gasteiger partial charge is 0.272 e. The second-order valence-electron chi connectivity index (χ2n) is 14.9. The summed E-state index contributed by atoms with van der Waals surface area (Å²) in [4.78, 5) is 49.7. The Morgan fingerprint density at radius 2 is 1.72 bits per heavy atom. The van der Waals surface area contributed by atoms with Gasteiger partial charge in [-0.2, -0.15) is 0 Å². The van der Waals surface area contributed by atoms with Crippen molar-refractivity contribution < 1.29 is 14.4 Å². The predicted octanol–water partition coefficient (Wildman–Crippen LogP) is 4.24. The van der Waals surface area contributed by atoms with Gasteiger partial charge in [0.05, 0.1) is 23.1 Å². The Morgan fingerprint density at radius 1 is 1.02 bits per heavy atom. The summed E-state index contributed by atoms with van der Waals surface area (Å²) < 4.78 is 0. The number of Topliss-reactive ketones (excluding diaryl/α,β-unsaturated/α-hetero) is 1. The molecule has 0 aromatic carbocycles. The first-order valence-electron chi connectivity index (χ1n) is 17.1. The maximum absolute atomic E-state index is 14.0. The molecule has 5 N–H and O–H groups in total. The SMILES string of the molecule is CC(=O)C1=C(C)NC(N2CCN(C(=O)c3ccc4c(n3)C(C)(C)CN4C3CCCC(C(N)=O)CC3)C(C)(C)C2)C=C1C.CCCN. The molecule has 10 nitrogen and oxygen atoms in total. The zero-order valence-electron chi connectivity index (χ0n) is 29.4. The lowest BCUT2D eigenvalue weighted by Crippen LogP contribution is -2.64. The number of anilines is 1. The molecule has 4 aliphatic rings. The van der Waals surface area contributed by atoms with Crippen LogP contribution in [-0.4, -0.2) is 82.9 Å². The minimum atomic E-state index is -0.406. The predicted molar refractivity (Wildman–Crippen MR) is 184 cm³/mol. The monoisotopic (exact) mass is 635 g/mol. The molecule has 2 fully saturated rings. The number of fused-ring (bicyclic) bond motifs is 1. The van der Waals surface area contributed by atoms with Crippen molar-refractivity contribution in [3.8, 4) is 0 Å². The number of carbonyl (C=O) groups is 3. The molecular formula is C36H57N7O3. The Bertz CT molecular complexity index is 1380. The number of pyridine rings is 1. The lowest BCUT2D eigenvalue weighted by Gasteiger charge is -2.49. The number of allylic oxidation sites excluding steroid dienone is 3. The van der Waals surface area contributed by atoms with E-state index in [9.17, 15) is 14.4 Å². The number of aromatic nitrogens is 1. The fourth-order valence-electron chi connectivity index (χ4n) is 7.73. The Morgan fingerprint density at radius 3 is 2.30 bits per heavy atom. The number of piperazine rings is 1. The third kappa shape index (κ3) is 7.49. The highest BCUT2D eigenvalue weighted by Gasteiger charge is 2.43. The van der Waals surface area contributed by atoms with Crippen molar-refractivity contribution in [3.63, 3.8) is 0 Å². The highest BCUT2D eigenvalue weighted by Crippen LogP contribution is 2.43. The summed E-state index contributed by atoms with van der Waals surface area (Å²) in [5.41, 5.74) is 15.3. The van der Waals surface area contributed by atoms with Gasteiger partial charge in [-0.1, -0.05) is 27.2 Å². The molecule has 3 aliphatic heterocycles. The first kappa shape index (κ1) is 35.6. The molecule has 3 atom stereocenters. The topological polar surface area (TPSA) is 138 Å². The molecule has 4 heterocycles. The number of rotatable bonds is 6. The van der Waals surface area contributed by atoms with Gasteiger partial charge in [-0.25, -0.2) is 4.98 Å². The fourth-order valence-corrected chi connectivity index (χ4v) is 7.73. The van der Waals surface area contributed by atoms with Crippen LogP contribution in [0.15, 0.2) is 35.1 Å². The molecule has 46 heavy (non-hydrogen) atoms. The number of carbonyl (C=O) groups excluding carboxylic acids is 3. The van der Waals surface area contributed by atoms with Gasteiger partial charge in [-0.05, 0) is 97.0 Å². The second kappa shape index (κ2) is 14.3. The van der Waals surface area contributed by atoms with Crippen molar-refractivity contribution in [1.82, 2.24) is 20.1 Å². The van der Waals surface area contributed by atoms with Crippen LogP contribution in [0.4, 0.5) is 5.69 Å². The van der Waals surface area contributed by atoms with Gasteiger partial charge in [0.15, 0.2) is 5.78 Å². The van der Waals surface area contributed by atoms with Crippen LogP contribution in [0.2, 0.25) is 0 Å². The van der Waals surface area contributed by atoms with Crippen LogP contribution in [0.25, 0.3) is 0 Å². The molecule has 1 saturated carbocycles.